The Morgan fingerprint density at radius 3 is 2.33 bits per heavy atom. The van der Waals surface area contributed by atoms with Crippen LogP contribution in [0, 0.1) is 16.0 Å². The quantitative estimate of drug-likeness (QED) is 0.652. The van der Waals surface area contributed by atoms with E-state index in [0.29, 0.717) is 6.42 Å². The van der Waals surface area contributed by atoms with Gasteiger partial charge in [-0.2, -0.15) is 0 Å². The normalized spacial score (nSPS) is 11.7. The zero-order chi connectivity index (χ0) is 13.7. The van der Waals surface area contributed by atoms with Gasteiger partial charge in [0, 0.05) is 23.6 Å². The molecule has 1 unspecified atom stereocenters. The average molecular weight is 250 g/mol. The van der Waals surface area contributed by atoms with Crippen LogP contribution in [0.25, 0.3) is 0 Å². The number of carbonyl (C=O) groups is 2. The Bertz CT molecular complexity index is 467. The molecule has 1 aromatic carbocycles. The second kappa shape index (κ2) is 5.90. The van der Waals surface area contributed by atoms with Crippen molar-refractivity contribution >= 4 is 17.5 Å². The number of non-ortho nitro benzene ring substituents is 1. The third-order valence-electron chi connectivity index (χ3n) is 2.64. The molecule has 0 spiro atoms. The topological polar surface area (TPSA) is 89.3 Å². The van der Waals surface area contributed by atoms with E-state index in [9.17, 15) is 19.7 Å². The molecular weight excluding hydrogens is 236 g/mol. The summed E-state index contributed by atoms with van der Waals surface area (Å²) < 4.78 is 0. The number of nitrogens with zero attached hydrogens (tertiary/aromatic N) is 1. The molecule has 0 aliphatic heterocycles. The third kappa shape index (κ3) is 3.38. The summed E-state index contributed by atoms with van der Waals surface area (Å²) in [5, 5.41) is 12.7. The van der Waals surface area contributed by atoms with E-state index in [4.69, 9.17) is 0 Å². The summed E-state index contributed by atoms with van der Waals surface area (Å²) in [5.74, 6) is -1.14. The number of hydrogen-bond acceptors (Lipinski definition) is 4. The Morgan fingerprint density at radius 2 is 1.89 bits per heavy atom. The molecule has 1 atom stereocenters. The van der Waals surface area contributed by atoms with E-state index >= 15 is 0 Å². The first kappa shape index (κ1) is 13.8. The van der Waals surface area contributed by atoms with Crippen molar-refractivity contribution in [2.75, 3.05) is 0 Å². The van der Waals surface area contributed by atoms with Crippen LogP contribution in [-0.4, -0.2) is 16.7 Å². The first-order valence-electron chi connectivity index (χ1n) is 5.55. The number of imide groups is 1. The standard InChI is InChI=1S/C12H14N2O4/c1-3-8(2)11(15)13-12(16)9-4-6-10(7-5-9)14(17)18/h4-8H,3H2,1-2H3,(H,13,15,16). The van der Waals surface area contributed by atoms with Crippen LogP contribution < -0.4 is 5.32 Å². The average Bonchev–Trinajstić information content (AvgIpc) is 2.37. The maximum Gasteiger partial charge on any atom is 0.269 e. The Kier molecular flexibility index (Phi) is 4.53. The number of nitrogens with one attached hydrogen (secondary N) is 1. The molecule has 0 aromatic heterocycles. The van der Waals surface area contributed by atoms with Crippen LogP contribution in [0.15, 0.2) is 24.3 Å². The molecule has 6 heteroatoms. The molecule has 1 aromatic rings. The minimum absolute atomic E-state index is 0.0974. The van der Waals surface area contributed by atoms with Crippen molar-refractivity contribution in [3.05, 3.63) is 39.9 Å². The highest BCUT2D eigenvalue weighted by Crippen LogP contribution is 2.12. The lowest BCUT2D eigenvalue weighted by Gasteiger charge is -2.08. The van der Waals surface area contributed by atoms with E-state index in [0.717, 1.165) is 0 Å². The van der Waals surface area contributed by atoms with Gasteiger partial charge in [0.15, 0.2) is 0 Å². The zero-order valence-corrected chi connectivity index (χ0v) is 10.2. The lowest BCUT2D eigenvalue weighted by Crippen LogP contribution is -2.34. The van der Waals surface area contributed by atoms with E-state index in [1.807, 2.05) is 6.92 Å². The number of rotatable bonds is 4. The van der Waals surface area contributed by atoms with Gasteiger partial charge in [0.25, 0.3) is 11.6 Å². The van der Waals surface area contributed by atoms with Crippen LogP contribution in [0.4, 0.5) is 5.69 Å². The van der Waals surface area contributed by atoms with Gasteiger partial charge in [0.1, 0.15) is 0 Å². The molecule has 0 radical (unpaired) electrons. The molecule has 0 saturated heterocycles. The lowest BCUT2D eigenvalue weighted by atomic mass is 10.1. The molecule has 1 N–H and O–H groups in total. The smallest absolute Gasteiger partial charge is 0.269 e. The summed E-state index contributed by atoms with van der Waals surface area (Å²) in [7, 11) is 0. The van der Waals surface area contributed by atoms with Crippen molar-refractivity contribution in [1.29, 1.82) is 0 Å². The zero-order valence-electron chi connectivity index (χ0n) is 10.2. The summed E-state index contributed by atoms with van der Waals surface area (Å²) in [6, 6.07) is 5.08. The van der Waals surface area contributed by atoms with Crippen LogP contribution >= 0.6 is 0 Å². The van der Waals surface area contributed by atoms with Gasteiger partial charge in [-0.1, -0.05) is 13.8 Å². The van der Waals surface area contributed by atoms with Gasteiger partial charge in [-0.3, -0.25) is 25.0 Å². The van der Waals surface area contributed by atoms with E-state index in [2.05, 4.69) is 5.32 Å². The summed E-state index contributed by atoms with van der Waals surface area (Å²) in [5.41, 5.74) is 0.122. The molecule has 0 aliphatic rings. The van der Waals surface area contributed by atoms with Crippen LogP contribution in [0.5, 0.6) is 0 Å². The van der Waals surface area contributed by atoms with E-state index in [1.165, 1.54) is 24.3 Å². The van der Waals surface area contributed by atoms with Crippen molar-refractivity contribution in [3.63, 3.8) is 0 Å². The fourth-order valence-electron chi connectivity index (χ4n) is 1.23. The molecule has 2 amide bonds. The van der Waals surface area contributed by atoms with Crippen molar-refractivity contribution in [2.24, 2.45) is 5.92 Å². The molecule has 1 rings (SSSR count). The molecule has 18 heavy (non-hydrogen) atoms. The molecule has 0 heterocycles. The number of amides is 2. The fourth-order valence-corrected chi connectivity index (χ4v) is 1.23. The number of carbonyl (C=O) groups excluding carboxylic acids is 2. The highest BCUT2D eigenvalue weighted by atomic mass is 16.6. The number of nitro groups is 1. The first-order chi connectivity index (χ1) is 8.45. The third-order valence-corrected chi connectivity index (χ3v) is 2.64. The second-order valence-electron chi connectivity index (χ2n) is 3.93. The van der Waals surface area contributed by atoms with Crippen molar-refractivity contribution in [2.45, 2.75) is 20.3 Å². The summed E-state index contributed by atoms with van der Waals surface area (Å²) >= 11 is 0. The summed E-state index contributed by atoms with van der Waals surface area (Å²) in [4.78, 5) is 33.0. The van der Waals surface area contributed by atoms with Gasteiger partial charge in [-0.15, -0.1) is 0 Å². The van der Waals surface area contributed by atoms with Crippen molar-refractivity contribution in [3.8, 4) is 0 Å². The van der Waals surface area contributed by atoms with Crippen molar-refractivity contribution < 1.29 is 14.5 Å². The summed E-state index contributed by atoms with van der Waals surface area (Å²) in [6.07, 6.45) is 0.638. The van der Waals surface area contributed by atoms with Gasteiger partial charge < -0.3 is 0 Å². The fraction of sp³-hybridized carbons (Fsp3) is 0.333. The molecule has 0 aliphatic carbocycles. The molecule has 6 nitrogen and oxygen atoms in total. The maximum atomic E-state index is 11.7. The van der Waals surface area contributed by atoms with Gasteiger partial charge in [-0.25, -0.2) is 0 Å². The predicted octanol–water partition coefficient (Wildman–Crippen LogP) is 1.90. The molecule has 0 saturated carbocycles. The van der Waals surface area contributed by atoms with Crippen LogP contribution in [-0.2, 0) is 4.79 Å². The van der Waals surface area contributed by atoms with Crippen LogP contribution in [0.2, 0.25) is 0 Å². The Hall–Kier alpha value is -2.24. The number of hydrogen-bond donors (Lipinski definition) is 1. The predicted molar refractivity (Wildman–Crippen MR) is 65.0 cm³/mol. The second-order valence-corrected chi connectivity index (χ2v) is 3.93. The molecule has 96 valence electrons. The highest BCUT2D eigenvalue weighted by Gasteiger charge is 2.15. The van der Waals surface area contributed by atoms with Crippen LogP contribution in [0.3, 0.4) is 0 Å². The molecule has 0 bridgehead atoms. The van der Waals surface area contributed by atoms with E-state index < -0.39 is 10.8 Å². The lowest BCUT2D eigenvalue weighted by molar-refractivity contribution is -0.384. The summed E-state index contributed by atoms with van der Waals surface area (Å²) in [6.45, 7) is 3.57. The maximum absolute atomic E-state index is 11.7. The van der Waals surface area contributed by atoms with Gasteiger partial charge in [0.05, 0.1) is 4.92 Å². The number of nitro benzene ring substituents is 1. The number of benzene rings is 1. The Labute approximate surface area is 104 Å². The SMILES string of the molecule is CCC(C)C(=O)NC(=O)c1ccc([N+](=O)[O-])cc1. The molecular formula is C12H14N2O4. The minimum Gasteiger partial charge on any atom is -0.292 e. The first-order valence-corrected chi connectivity index (χ1v) is 5.55. The van der Waals surface area contributed by atoms with Crippen molar-refractivity contribution in [1.82, 2.24) is 5.32 Å². The largest absolute Gasteiger partial charge is 0.292 e. The van der Waals surface area contributed by atoms with Gasteiger partial charge in [-0.05, 0) is 18.6 Å². The Balaban J connectivity index is 2.73. The highest BCUT2D eigenvalue weighted by molar-refractivity contribution is 6.05. The van der Waals surface area contributed by atoms with E-state index in [1.54, 1.807) is 6.92 Å². The van der Waals surface area contributed by atoms with Crippen LogP contribution in [0.1, 0.15) is 30.6 Å². The minimum atomic E-state index is -0.550. The monoisotopic (exact) mass is 250 g/mol. The van der Waals surface area contributed by atoms with Gasteiger partial charge in [0.2, 0.25) is 5.91 Å². The molecule has 0 fully saturated rings. The van der Waals surface area contributed by atoms with E-state index in [-0.39, 0.29) is 23.1 Å². The van der Waals surface area contributed by atoms with Gasteiger partial charge >= 0.3 is 0 Å². The Morgan fingerprint density at radius 1 is 1.33 bits per heavy atom.